The average molecular weight is 431 g/mol. The number of aliphatic hydroxyl groups is 1. The van der Waals surface area contributed by atoms with Gasteiger partial charge in [-0.2, -0.15) is 26.3 Å². The molecule has 160 valence electrons. The van der Waals surface area contributed by atoms with Gasteiger partial charge in [-0.05, 0) is 37.3 Å². The van der Waals surface area contributed by atoms with Crippen LogP contribution in [0.3, 0.4) is 0 Å². The van der Waals surface area contributed by atoms with E-state index in [1.54, 1.807) is 24.3 Å². The average Bonchev–Trinajstić information content (AvgIpc) is 3.09. The summed E-state index contributed by atoms with van der Waals surface area (Å²) in [6.07, 6.45) is -10.1. The molecule has 0 aliphatic carbocycles. The minimum Gasteiger partial charge on any atom is -0.458 e. The predicted octanol–water partition coefficient (Wildman–Crippen LogP) is 5.11. The van der Waals surface area contributed by atoms with Crippen molar-refractivity contribution in [3.8, 4) is 0 Å². The number of halogens is 6. The zero-order valence-electron chi connectivity index (χ0n) is 15.4. The number of benzene rings is 2. The maximum atomic E-state index is 12.9. The highest BCUT2D eigenvalue weighted by Crippen LogP contribution is 2.36. The molecule has 0 radical (unpaired) electrons. The van der Waals surface area contributed by atoms with Crippen LogP contribution in [-0.2, 0) is 18.0 Å². The molecule has 1 amide bonds. The number of para-hydroxylation sites is 1. The molecule has 10 heteroatoms. The summed E-state index contributed by atoms with van der Waals surface area (Å²) in [6.45, 7) is 0.779. The molecule has 30 heavy (non-hydrogen) atoms. The molecule has 0 saturated carbocycles. The normalized spacial score (nSPS) is 14.5. The molecule has 2 aromatic carbocycles. The highest BCUT2D eigenvalue weighted by molar-refractivity contribution is 5.94. The second kappa shape index (κ2) is 7.35. The van der Waals surface area contributed by atoms with Crippen molar-refractivity contribution in [1.29, 1.82) is 0 Å². The predicted molar refractivity (Wildman–Crippen MR) is 94.6 cm³/mol. The van der Waals surface area contributed by atoms with Crippen LogP contribution < -0.4 is 5.32 Å². The lowest BCUT2D eigenvalue weighted by Crippen LogP contribution is -2.38. The Bertz CT molecular complexity index is 1020. The quantitative estimate of drug-likeness (QED) is 0.565. The van der Waals surface area contributed by atoms with E-state index in [0.29, 0.717) is 23.1 Å². The molecule has 3 rings (SSSR count). The Morgan fingerprint density at radius 2 is 1.53 bits per heavy atom. The SMILES string of the molecule is CC(O)(CNC(=O)c1cc(C(F)(F)F)cc(C(F)(F)F)c1)c1cc2ccccc2o1. The number of nitrogens with one attached hydrogen (secondary N) is 1. The molecule has 0 aliphatic rings. The Balaban J connectivity index is 1.84. The van der Waals surface area contributed by atoms with E-state index in [0.717, 1.165) is 0 Å². The molecule has 0 aliphatic heterocycles. The highest BCUT2D eigenvalue weighted by Gasteiger charge is 2.37. The van der Waals surface area contributed by atoms with E-state index in [1.165, 1.54) is 13.0 Å². The van der Waals surface area contributed by atoms with E-state index in [2.05, 4.69) is 5.32 Å². The number of hydrogen-bond acceptors (Lipinski definition) is 3. The van der Waals surface area contributed by atoms with E-state index < -0.39 is 47.1 Å². The molecular formula is C20H15F6NO3. The van der Waals surface area contributed by atoms with E-state index in [-0.39, 0.29) is 11.8 Å². The Kier molecular flexibility index (Phi) is 5.32. The van der Waals surface area contributed by atoms with Crippen LogP contribution in [0.15, 0.2) is 52.9 Å². The number of alkyl halides is 6. The summed E-state index contributed by atoms with van der Waals surface area (Å²) < 4.78 is 83.2. The van der Waals surface area contributed by atoms with Gasteiger partial charge in [-0.15, -0.1) is 0 Å². The number of amides is 1. The molecule has 1 atom stereocenters. The van der Waals surface area contributed by atoms with E-state index in [1.807, 2.05) is 0 Å². The number of fused-ring (bicyclic) bond motifs is 1. The third kappa shape index (κ3) is 4.59. The molecule has 0 fully saturated rings. The Morgan fingerprint density at radius 3 is 2.07 bits per heavy atom. The largest absolute Gasteiger partial charge is 0.458 e. The first kappa shape index (κ1) is 21.7. The zero-order valence-corrected chi connectivity index (χ0v) is 15.4. The zero-order chi connectivity index (χ0) is 22.3. The van der Waals surface area contributed by atoms with Crippen LogP contribution in [0.25, 0.3) is 11.0 Å². The monoisotopic (exact) mass is 431 g/mol. The fourth-order valence-corrected chi connectivity index (χ4v) is 2.77. The van der Waals surface area contributed by atoms with Gasteiger partial charge in [0.05, 0.1) is 17.7 Å². The Morgan fingerprint density at radius 1 is 0.967 bits per heavy atom. The van der Waals surface area contributed by atoms with Crippen LogP contribution in [0, 0.1) is 0 Å². The number of carbonyl (C=O) groups is 1. The summed E-state index contributed by atoms with van der Waals surface area (Å²) in [4.78, 5) is 12.3. The molecule has 1 unspecified atom stereocenters. The molecule has 3 aromatic rings. The van der Waals surface area contributed by atoms with Crippen LogP contribution in [0.1, 0.15) is 34.2 Å². The molecule has 1 heterocycles. The van der Waals surface area contributed by atoms with Gasteiger partial charge in [0.2, 0.25) is 0 Å². The lowest BCUT2D eigenvalue weighted by molar-refractivity contribution is -0.143. The summed E-state index contributed by atoms with van der Waals surface area (Å²) in [5, 5.41) is 13.4. The second-order valence-electron chi connectivity index (χ2n) is 6.90. The molecular weight excluding hydrogens is 416 g/mol. The van der Waals surface area contributed by atoms with Gasteiger partial charge in [0.15, 0.2) is 0 Å². The van der Waals surface area contributed by atoms with Crippen molar-refractivity contribution >= 4 is 16.9 Å². The lowest BCUT2D eigenvalue weighted by atomic mass is 10.0. The molecule has 2 N–H and O–H groups in total. The maximum absolute atomic E-state index is 12.9. The van der Waals surface area contributed by atoms with Crippen LogP contribution in [0.2, 0.25) is 0 Å². The maximum Gasteiger partial charge on any atom is 0.416 e. The topological polar surface area (TPSA) is 62.5 Å². The van der Waals surface area contributed by atoms with Crippen LogP contribution in [0.5, 0.6) is 0 Å². The smallest absolute Gasteiger partial charge is 0.416 e. The Hall–Kier alpha value is -3.01. The van der Waals surface area contributed by atoms with Crippen LogP contribution >= 0.6 is 0 Å². The minimum atomic E-state index is -5.07. The number of rotatable bonds is 4. The molecule has 0 saturated heterocycles. The van der Waals surface area contributed by atoms with Gasteiger partial charge in [0.25, 0.3) is 5.91 Å². The third-order valence-corrected chi connectivity index (χ3v) is 4.40. The van der Waals surface area contributed by atoms with Crippen molar-refractivity contribution in [1.82, 2.24) is 5.32 Å². The summed E-state index contributed by atoms with van der Waals surface area (Å²) in [7, 11) is 0. The first-order valence-corrected chi connectivity index (χ1v) is 8.56. The summed E-state index contributed by atoms with van der Waals surface area (Å²) in [5.74, 6) is -1.13. The van der Waals surface area contributed by atoms with Crippen molar-refractivity contribution < 1.29 is 40.7 Å². The first-order valence-electron chi connectivity index (χ1n) is 8.56. The van der Waals surface area contributed by atoms with E-state index in [4.69, 9.17) is 4.42 Å². The minimum absolute atomic E-state index is 0.0681. The van der Waals surface area contributed by atoms with Gasteiger partial charge in [0, 0.05) is 10.9 Å². The fourth-order valence-electron chi connectivity index (χ4n) is 2.77. The molecule has 0 bridgehead atoms. The summed E-state index contributed by atoms with van der Waals surface area (Å²) >= 11 is 0. The highest BCUT2D eigenvalue weighted by atomic mass is 19.4. The van der Waals surface area contributed by atoms with Crippen LogP contribution in [-0.4, -0.2) is 17.6 Å². The standard InChI is InChI=1S/C20H15F6NO3/c1-18(29,16-8-11-4-2-3-5-15(11)30-16)10-27-17(28)12-6-13(19(21,22)23)9-14(7-12)20(24,25)26/h2-9,29H,10H2,1H3,(H,27,28). The number of furan rings is 1. The van der Waals surface area contributed by atoms with Gasteiger partial charge < -0.3 is 14.8 Å². The van der Waals surface area contributed by atoms with Gasteiger partial charge in [-0.3, -0.25) is 4.79 Å². The van der Waals surface area contributed by atoms with Crippen molar-refractivity contribution in [2.24, 2.45) is 0 Å². The first-order chi connectivity index (χ1) is 13.8. The lowest BCUT2D eigenvalue weighted by Gasteiger charge is -2.21. The molecule has 1 aromatic heterocycles. The molecule has 0 spiro atoms. The van der Waals surface area contributed by atoms with E-state index in [9.17, 15) is 36.2 Å². The third-order valence-electron chi connectivity index (χ3n) is 4.40. The van der Waals surface area contributed by atoms with Crippen molar-refractivity contribution in [2.75, 3.05) is 6.54 Å². The Labute approximate surface area is 166 Å². The number of hydrogen-bond donors (Lipinski definition) is 2. The van der Waals surface area contributed by atoms with Crippen molar-refractivity contribution in [3.05, 3.63) is 71.0 Å². The summed E-state index contributed by atoms with van der Waals surface area (Å²) in [6, 6.07) is 8.91. The molecule has 4 nitrogen and oxygen atoms in total. The van der Waals surface area contributed by atoms with Crippen molar-refractivity contribution in [2.45, 2.75) is 24.9 Å². The van der Waals surface area contributed by atoms with Crippen molar-refractivity contribution in [3.63, 3.8) is 0 Å². The fraction of sp³-hybridized carbons (Fsp3) is 0.250. The summed E-state index contributed by atoms with van der Waals surface area (Å²) in [5.41, 5.74) is -5.34. The van der Waals surface area contributed by atoms with Gasteiger partial charge in [0.1, 0.15) is 16.9 Å². The van der Waals surface area contributed by atoms with E-state index >= 15 is 0 Å². The van der Waals surface area contributed by atoms with Gasteiger partial charge in [-0.1, -0.05) is 18.2 Å². The van der Waals surface area contributed by atoms with Gasteiger partial charge >= 0.3 is 12.4 Å². The van der Waals surface area contributed by atoms with Crippen LogP contribution in [0.4, 0.5) is 26.3 Å². The second-order valence-corrected chi connectivity index (χ2v) is 6.90. The van der Waals surface area contributed by atoms with Gasteiger partial charge in [-0.25, -0.2) is 0 Å². The number of carbonyl (C=O) groups excluding carboxylic acids is 1.